The van der Waals surface area contributed by atoms with Gasteiger partial charge in [0.05, 0.1) is 13.5 Å². The lowest BCUT2D eigenvalue weighted by molar-refractivity contribution is -0.139. The monoisotopic (exact) mass is 260 g/mol. The van der Waals surface area contributed by atoms with Gasteiger partial charge in [0, 0.05) is 4.47 Å². The van der Waals surface area contributed by atoms with Crippen molar-refractivity contribution in [1.29, 1.82) is 0 Å². The van der Waals surface area contributed by atoms with Crippen molar-refractivity contribution in [3.63, 3.8) is 0 Å². The molecule has 0 amide bonds. The van der Waals surface area contributed by atoms with E-state index in [-0.39, 0.29) is 18.2 Å². The molecular weight excluding hydrogens is 251 g/mol. The Balaban J connectivity index is 3.02. The molecule has 0 fully saturated rings. The fraction of sp³-hybridized carbons (Fsp3) is 0.300. The summed E-state index contributed by atoms with van der Waals surface area (Å²) in [7, 11) is 1.31. The number of carbonyl (C=O) groups is 1. The van der Waals surface area contributed by atoms with Crippen molar-refractivity contribution in [3.05, 3.63) is 33.5 Å². The van der Waals surface area contributed by atoms with E-state index in [0.29, 0.717) is 5.56 Å². The quantitative estimate of drug-likeness (QED) is 0.765. The summed E-state index contributed by atoms with van der Waals surface area (Å²) in [4.78, 5) is 11.0. The van der Waals surface area contributed by atoms with E-state index in [4.69, 9.17) is 0 Å². The summed E-state index contributed by atoms with van der Waals surface area (Å²) in [6, 6.07) is 2.73. The number of ether oxygens (including phenoxy) is 1. The molecule has 0 spiro atoms. The molecule has 76 valence electrons. The van der Waals surface area contributed by atoms with Crippen LogP contribution < -0.4 is 0 Å². The number of benzene rings is 1. The van der Waals surface area contributed by atoms with E-state index in [1.54, 1.807) is 6.92 Å². The van der Waals surface area contributed by atoms with Crippen LogP contribution in [0.15, 0.2) is 16.6 Å². The second-order valence-electron chi connectivity index (χ2n) is 2.95. The van der Waals surface area contributed by atoms with Gasteiger partial charge in [0.15, 0.2) is 0 Å². The van der Waals surface area contributed by atoms with E-state index < -0.39 is 0 Å². The molecule has 1 aromatic rings. The maximum absolute atomic E-state index is 13.0. The van der Waals surface area contributed by atoms with Gasteiger partial charge in [0.1, 0.15) is 5.82 Å². The van der Waals surface area contributed by atoms with Crippen molar-refractivity contribution in [2.24, 2.45) is 0 Å². The summed E-state index contributed by atoms with van der Waals surface area (Å²) in [6.07, 6.45) is 0.0791. The van der Waals surface area contributed by atoms with E-state index in [1.807, 2.05) is 0 Å². The van der Waals surface area contributed by atoms with Gasteiger partial charge in [-0.25, -0.2) is 4.39 Å². The summed E-state index contributed by atoms with van der Waals surface area (Å²) >= 11 is 3.30. The minimum absolute atomic E-state index is 0.0791. The zero-order valence-electron chi connectivity index (χ0n) is 7.93. The average Bonchev–Trinajstić information content (AvgIpc) is 2.13. The number of carbonyl (C=O) groups excluding carboxylic acids is 1. The third kappa shape index (κ3) is 2.54. The van der Waals surface area contributed by atoms with Crippen LogP contribution in [0.2, 0.25) is 0 Å². The third-order valence-electron chi connectivity index (χ3n) is 1.86. The number of methoxy groups -OCH3 is 1. The molecule has 0 N–H and O–H groups in total. The van der Waals surface area contributed by atoms with Gasteiger partial charge >= 0.3 is 5.97 Å². The van der Waals surface area contributed by atoms with Gasteiger partial charge in [-0.3, -0.25) is 4.79 Å². The minimum atomic E-state index is -0.379. The van der Waals surface area contributed by atoms with Gasteiger partial charge in [0.2, 0.25) is 0 Å². The molecule has 0 atom stereocenters. The molecule has 14 heavy (non-hydrogen) atoms. The largest absolute Gasteiger partial charge is 0.469 e. The molecule has 4 heteroatoms. The molecule has 0 aliphatic rings. The van der Waals surface area contributed by atoms with Crippen LogP contribution in [0, 0.1) is 12.7 Å². The Morgan fingerprint density at radius 1 is 1.57 bits per heavy atom. The zero-order chi connectivity index (χ0) is 10.7. The fourth-order valence-electron chi connectivity index (χ4n) is 1.15. The first-order valence-corrected chi connectivity index (χ1v) is 4.85. The maximum atomic E-state index is 13.0. The molecule has 0 radical (unpaired) electrons. The lowest BCUT2D eigenvalue weighted by atomic mass is 10.1. The number of hydrogen-bond donors (Lipinski definition) is 0. The number of aryl methyl sites for hydroxylation is 1. The number of rotatable bonds is 2. The first-order valence-electron chi connectivity index (χ1n) is 4.06. The van der Waals surface area contributed by atoms with Crippen LogP contribution in [0.5, 0.6) is 0 Å². The van der Waals surface area contributed by atoms with Gasteiger partial charge in [-0.2, -0.15) is 0 Å². The summed E-state index contributed by atoms with van der Waals surface area (Å²) in [5, 5.41) is 0. The average molecular weight is 261 g/mol. The lowest BCUT2D eigenvalue weighted by Gasteiger charge is -2.06. The number of esters is 1. The Morgan fingerprint density at radius 2 is 2.21 bits per heavy atom. The van der Waals surface area contributed by atoms with Gasteiger partial charge in [0.25, 0.3) is 0 Å². The van der Waals surface area contributed by atoms with Crippen molar-refractivity contribution in [1.82, 2.24) is 0 Å². The highest BCUT2D eigenvalue weighted by Gasteiger charge is 2.10. The van der Waals surface area contributed by atoms with Crippen LogP contribution in [-0.4, -0.2) is 13.1 Å². The third-order valence-corrected chi connectivity index (χ3v) is 2.99. The first kappa shape index (κ1) is 11.2. The molecule has 2 nitrogen and oxygen atoms in total. The second kappa shape index (κ2) is 4.55. The molecular formula is C10H10BrFO2. The zero-order valence-corrected chi connectivity index (χ0v) is 9.52. The standard InChI is InChI=1S/C10H10BrFO2/c1-6-3-8(12)4-7(10(6)11)5-9(13)14-2/h3-4H,5H2,1-2H3. The summed E-state index contributed by atoms with van der Waals surface area (Å²) in [6.45, 7) is 1.77. The Hall–Kier alpha value is -0.900. The predicted octanol–water partition coefficient (Wildman–Crippen LogP) is 2.61. The molecule has 1 rings (SSSR count). The Labute approximate surface area is 90.2 Å². The second-order valence-corrected chi connectivity index (χ2v) is 3.74. The van der Waals surface area contributed by atoms with E-state index in [9.17, 15) is 9.18 Å². The topological polar surface area (TPSA) is 26.3 Å². The van der Waals surface area contributed by atoms with E-state index in [1.165, 1.54) is 19.2 Å². The van der Waals surface area contributed by atoms with Crippen LogP contribution >= 0.6 is 15.9 Å². The van der Waals surface area contributed by atoms with Crippen molar-refractivity contribution < 1.29 is 13.9 Å². The molecule has 0 bridgehead atoms. The van der Waals surface area contributed by atoms with Crippen molar-refractivity contribution >= 4 is 21.9 Å². The fourth-order valence-corrected chi connectivity index (χ4v) is 1.52. The van der Waals surface area contributed by atoms with Gasteiger partial charge in [-0.15, -0.1) is 0 Å². The van der Waals surface area contributed by atoms with E-state index >= 15 is 0 Å². The minimum Gasteiger partial charge on any atom is -0.469 e. The first-order chi connectivity index (χ1) is 6.54. The molecule has 0 aliphatic heterocycles. The Bertz CT molecular complexity index is 363. The maximum Gasteiger partial charge on any atom is 0.310 e. The summed E-state index contributed by atoms with van der Waals surface area (Å²) < 4.78 is 18.3. The lowest BCUT2D eigenvalue weighted by Crippen LogP contribution is -2.05. The molecule has 0 unspecified atom stereocenters. The van der Waals surface area contributed by atoms with E-state index in [2.05, 4.69) is 20.7 Å². The van der Waals surface area contributed by atoms with Crippen molar-refractivity contribution in [2.45, 2.75) is 13.3 Å². The highest BCUT2D eigenvalue weighted by molar-refractivity contribution is 9.10. The van der Waals surface area contributed by atoms with Crippen LogP contribution in [-0.2, 0) is 16.0 Å². The van der Waals surface area contributed by atoms with Crippen molar-refractivity contribution in [2.75, 3.05) is 7.11 Å². The molecule has 0 saturated heterocycles. The highest BCUT2D eigenvalue weighted by atomic mass is 79.9. The van der Waals surface area contributed by atoms with Crippen LogP contribution in [0.1, 0.15) is 11.1 Å². The van der Waals surface area contributed by atoms with Gasteiger partial charge in [-0.1, -0.05) is 15.9 Å². The predicted molar refractivity (Wildman–Crippen MR) is 54.6 cm³/mol. The van der Waals surface area contributed by atoms with E-state index in [0.717, 1.165) is 10.0 Å². The molecule has 1 aromatic carbocycles. The normalized spacial score (nSPS) is 10.0. The smallest absolute Gasteiger partial charge is 0.310 e. The number of hydrogen-bond acceptors (Lipinski definition) is 2. The van der Waals surface area contributed by atoms with Crippen LogP contribution in [0.4, 0.5) is 4.39 Å². The number of halogens is 2. The molecule has 0 heterocycles. The Kier molecular flexibility index (Phi) is 3.63. The van der Waals surface area contributed by atoms with Crippen LogP contribution in [0.25, 0.3) is 0 Å². The SMILES string of the molecule is COC(=O)Cc1cc(F)cc(C)c1Br. The molecule has 0 saturated carbocycles. The van der Waals surface area contributed by atoms with Gasteiger partial charge in [-0.05, 0) is 30.2 Å². The summed E-state index contributed by atoms with van der Waals surface area (Å²) in [5.74, 6) is -0.722. The van der Waals surface area contributed by atoms with Gasteiger partial charge < -0.3 is 4.74 Å². The Morgan fingerprint density at radius 3 is 2.79 bits per heavy atom. The van der Waals surface area contributed by atoms with Crippen molar-refractivity contribution in [3.8, 4) is 0 Å². The van der Waals surface area contributed by atoms with Crippen LogP contribution in [0.3, 0.4) is 0 Å². The molecule has 0 aromatic heterocycles. The summed E-state index contributed by atoms with van der Waals surface area (Å²) in [5.41, 5.74) is 1.37. The molecule has 0 aliphatic carbocycles. The highest BCUT2D eigenvalue weighted by Crippen LogP contribution is 2.23.